The van der Waals surface area contributed by atoms with Crippen molar-refractivity contribution in [3.8, 4) is 0 Å². The molecule has 3 heteroatoms. The minimum atomic E-state index is 0.773. The molecule has 0 saturated heterocycles. The van der Waals surface area contributed by atoms with Crippen molar-refractivity contribution in [1.82, 2.24) is 5.32 Å². The summed E-state index contributed by atoms with van der Waals surface area (Å²) in [7, 11) is 0. The SMILES string of the molecule is Cc1ccc(C)cc1.NCCCNCCCN. The van der Waals surface area contributed by atoms with Gasteiger partial charge >= 0.3 is 0 Å². The van der Waals surface area contributed by atoms with Gasteiger partial charge < -0.3 is 16.8 Å². The molecule has 0 aliphatic heterocycles. The Morgan fingerprint density at radius 3 is 1.47 bits per heavy atom. The second-order valence-corrected chi connectivity index (χ2v) is 4.19. The molecule has 98 valence electrons. The summed E-state index contributed by atoms with van der Waals surface area (Å²) in [6.45, 7) is 7.79. The van der Waals surface area contributed by atoms with Crippen LogP contribution in [-0.2, 0) is 0 Å². The Hall–Kier alpha value is -0.900. The Kier molecular flexibility index (Phi) is 11.0. The molecule has 1 aromatic carbocycles. The normalized spacial score (nSPS) is 9.65. The molecule has 0 atom stereocenters. The first-order valence-electron chi connectivity index (χ1n) is 6.34. The summed E-state index contributed by atoms with van der Waals surface area (Å²) < 4.78 is 0. The summed E-state index contributed by atoms with van der Waals surface area (Å²) in [5, 5.41) is 3.23. The van der Waals surface area contributed by atoms with Gasteiger partial charge in [-0.25, -0.2) is 0 Å². The Balaban J connectivity index is 0.000000302. The van der Waals surface area contributed by atoms with Crippen LogP contribution in [0.5, 0.6) is 0 Å². The largest absolute Gasteiger partial charge is 0.330 e. The van der Waals surface area contributed by atoms with E-state index in [4.69, 9.17) is 11.5 Å². The molecule has 0 aromatic heterocycles. The molecule has 0 spiro atoms. The number of rotatable bonds is 6. The molecule has 1 aromatic rings. The van der Waals surface area contributed by atoms with Gasteiger partial charge in [0.1, 0.15) is 0 Å². The number of hydrogen-bond donors (Lipinski definition) is 3. The van der Waals surface area contributed by atoms with Crippen LogP contribution in [0.1, 0.15) is 24.0 Å². The lowest BCUT2D eigenvalue weighted by atomic mass is 10.2. The zero-order valence-electron chi connectivity index (χ0n) is 11.2. The zero-order valence-corrected chi connectivity index (χ0v) is 11.2. The van der Waals surface area contributed by atoms with Crippen molar-refractivity contribution in [3.05, 3.63) is 35.4 Å². The fraction of sp³-hybridized carbons (Fsp3) is 0.571. The van der Waals surface area contributed by atoms with Crippen LogP contribution in [0, 0.1) is 13.8 Å². The molecule has 5 N–H and O–H groups in total. The number of aryl methyl sites for hydroxylation is 2. The van der Waals surface area contributed by atoms with Gasteiger partial charge in [-0.05, 0) is 52.9 Å². The molecule has 0 fully saturated rings. The standard InChI is InChI=1S/C8H10.C6H17N3/c1-7-3-5-8(2)6-4-7;7-3-1-5-9-6-2-4-8/h3-6H,1-2H3;9H,1-8H2. The lowest BCUT2D eigenvalue weighted by molar-refractivity contribution is 0.631. The molecule has 0 amide bonds. The first-order chi connectivity index (χ1) is 8.20. The molecule has 0 saturated carbocycles. The molecule has 0 unspecified atom stereocenters. The van der Waals surface area contributed by atoms with Crippen LogP contribution in [0.3, 0.4) is 0 Å². The first-order valence-corrected chi connectivity index (χ1v) is 6.34. The second kappa shape index (κ2) is 11.6. The van der Waals surface area contributed by atoms with E-state index in [2.05, 4.69) is 43.4 Å². The van der Waals surface area contributed by atoms with Crippen LogP contribution in [0.15, 0.2) is 24.3 Å². The summed E-state index contributed by atoms with van der Waals surface area (Å²) in [5.74, 6) is 0. The number of hydrogen-bond acceptors (Lipinski definition) is 3. The van der Waals surface area contributed by atoms with E-state index in [0.29, 0.717) is 0 Å². The highest BCUT2D eigenvalue weighted by Gasteiger charge is 1.83. The summed E-state index contributed by atoms with van der Waals surface area (Å²) in [4.78, 5) is 0. The van der Waals surface area contributed by atoms with E-state index in [1.165, 1.54) is 11.1 Å². The highest BCUT2D eigenvalue weighted by atomic mass is 14.8. The van der Waals surface area contributed by atoms with Crippen molar-refractivity contribution in [2.24, 2.45) is 11.5 Å². The van der Waals surface area contributed by atoms with Crippen LogP contribution in [0.2, 0.25) is 0 Å². The van der Waals surface area contributed by atoms with Crippen LogP contribution >= 0.6 is 0 Å². The minimum absolute atomic E-state index is 0.773. The zero-order chi connectivity index (χ0) is 12.9. The molecule has 0 aliphatic rings. The summed E-state index contributed by atoms with van der Waals surface area (Å²) in [6, 6.07) is 8.48. The predicted molar refractivity (Wildman–Crippen MR) is 76.1 cm³/mol. The Morgan fingerprint density at radius 1 is 0.824 bits per heavy atom. The topological polar surface area (TPSA) is 64.1 Å². The molecular formula is C14H27N3. The van der Waals surface area contributed by atoms with E-state index in [0.717, 1.165) is 39.0 Å². The lowest BCUT2D eigenvalue weighted by Crippen LogP contribution is -2.21. The van der Waals surface area contributed by atoms with Gasteiger partial charge in [-0.3, -0.25) is 0 Å². The summed E-state index contributed by atoms with van der Waals surface area (Å²) >= 11 is 0. The molecule has 3 nitrogen and oxygen atoms in total. The fourth-order valence-corrected chi connectivity index (χ4v) is 1.22. The smallest absolute Gasteiger partial charge is 0.00369 e. The predicted octanol–water partition coefficient (Wildman–Crippen LogP) is 1.58. The third-order valence-corrected chi connectivity index (χ3v) is 2.33. The van der Waals surface area contributed by atoms with E-state index in [1.807, 2.05) is 0 Å². The van der Waals surface area contributed by atoms with Crippen molar-refractivity contribution in [1.29, 1.82) is 0 Å². The first kappa shape index (κ1) is 16.1. The molecule has 0 bridgehead atoms. The van der Waals surface area contributed by atoms with Gasteiger partial charge in [0.05, 0.1) is 0 Å². The van der Waals surface area contributed by atoms with Gasteiger partial charge in [0, 0.05) is 0 Å². The van der Waals surface area contributed by atoms with E-state index >= 15 is 0 Å². The maximum atomic E-state index is 5.28. The van der Waals surface area contributed by atoms with Gasteiger partial charge in [-0.2, -0.15) is 0 Å². The Morgan fingerprint density at radius 2 is 1.18 bits per heavy atom. The van der Waals surface area contributed by atoms with Crippen molar-refractivity contribution >= 4 is 0 Å². The van der Waals surface area contributed by atoms with E-state index in [1.54, 1.807) is 0 Å². The number of nitrogens with one attached hydrogen (secondary N) is 1. The molecule has 17 heavy (non-hydrogen) atoms. The van der Waals surface area contributed by atoms with Crippen LogP contribution in [0.4, 0.5) is 0 Å². The fourth-order valence-electron chi connectivity index (χ4n) is 1.22. The van der Waals surface area contributed by atoms with E-state index in [-0.39, 0.29) is 0 Å². The second-order valence-electron chi connectivity index (χ2n) is 4.19. The van der Waals surface area contributed by atoms with Crippen LogP contribution < -0.4 is 16.8 Å². The van der Waals surface area contributed by atoms with Crippen LogP contribution in [-0.4, -0.2) is 26.2 Å². The monoisotopic (exact) mass is 237 g/mol. The Bertz CT molecular complexity index is 230. The van der Waals surface area contributed by atoms with Gasteiger partial charge in [0.15, 0.2) is 0 Å². The maximum absolute atomic E-state index is 5.28. The third-order valence-electron chi connectivity index (χ3n) is 2.33. The molecule has 0 radical (unpaired) electrons. The lowest BCUT2D eigenvalue weighted by Gasteiger charge is -2.00. The third kappa shape index (κ3) is 11.4. The van der Waals surface area contributed by atoms with Crippen LogP contribution in [0.25, 0.3) is 0 Å². The van der Waals surface area contributed by atoms with Gasteiger partial charge in [-0.1, -0.05) is 35.4 Å². The van der Waals surface area contributed by atoms with Gasteiger partial charge in [0.25, 0.3) is 0 Å². The Labute approximate surface area is 106 Å². The molecule has 0 heterocycles. The van der Waals surface area contributed by atoms with Crippen molar-refractivity contribution in [2.45, 2.75) is 26.7 Å². The number of nitrogens with two attached hydrogens (primary N) is 2. The van der Waals surface area contributed by atoms with Crippen molar-refractivity contribution in [2.75, 3.05) is 26.2 Å². The van der Waals surface area contributed by atoms with E-state index in [9.17, 15) is 0 Å². The maximum Gasteiger partial charge on any atom is -0.00369 e. The minimum Gasteiger partial charge on any atom is -0.330 e. The highest BCUT2D eigenvalue weighted by Crippen LogP contribution is 1.99. The van der Waals surface area contributed by atoms with Crippen molar-refractivity contribution in [3.63, 3.8) is 0 Å². The van der Waals surface area contributed by atoms with Gasteiger partial charge in [0.2, 0.25) is 0 Å². The summed E-state index contributed by atoms with van der Waals surface area (Å²) in [6.07, 6.45) is 2.12. The van der Waals surface area contributed by atoms with Gasteiger partial charge in [-0.15, -0.1) is 0 Å². The molecular weight excluding hydrogens is 210 g/mol. The van der Waals surface area contributed by atoms with E-state index < -0.39 is 0 Å². The average Bonchev–Trinajstić information content (AvgIpc) is 2.34. The quantitative estimate of drug-likeness (QED) is 0.658. The van der Waals surface area contributed by atoms with Crippen molar-refractivity contribution < 1.29 is 0 Å². The molecule has 1 rings (SSSR count). The average molecular weight is 237 g/mol. The summed E-state index contributed by atoms with van der Waals surface area (Å²) in [5.41, 5.74) is 13.2. The highest BCUT2D eigenvalue weighted by molar-refractivity contribution is 5.19. The molecule has 0 aliphatic carbocycles. The number of benzene rings is 1.